The topological polar surface area (TPSA) is 12.5 Å². The summed E-state index contributed by atoms with van der Waals surface area (Å²) < 4.78 is 6.50. The van der Waals surface area contributed by atoms with Gasteiger partial charge in [0.15, 0.2) is 5.60 Å². The summed E-state index contributed by atoms with van der Waals surface area (Å²) in [7, 11) is 0. The number of benzene rings is 2. The van der Waals surface area contributed by atoms with Crippen molar-refractivity contribution in [2.24, 2.45) is 0 Å². The van der Waals surface area contributed by atoms with E-state index < -0.39 is 0 Å². The third-order valence-electron chi connectivity index (χ3n) is 4.67. The van der Waals surface area contributed by atoms with Gasteiger partial charge < -0.3 is 4.74 Å². The van der Waals surface area contributed by atoms with Crippen molar-refractivity contribution in [3.8, 4) is 5.75 Å². The lowest BCUT2D eigenvalue weighted by Gasteiger charge is -2.41. The van der Waals surface area contributed by atoms with Crippen LogP contribution in [0.5, 0.6) is 5.75 Å². The smallest absolute Gasteiger partial charge is 0.151 e. The highest BCUT2D eigenvalue weighted by atomic mass is 16.5. The first-order valence-corrected chi connectivity index (χ1v) is 7.88. The van der Waals surface area contributed by atoms with E-state index in [1.807, 2.05) is 0 Å². The number of para-hydroxylation sites is 1. The molecule has 0 fully saturated rings. The van der Waals surface area contributed by atoms with Crippen molar-refractivity contribution < 1.29 is 4.74 Å². The number of nitrogens with zero attached hydrogens (tertiary/aromatic N) is 1. The molecule has 2 aliphatic heterocycles. The van der Waals surface area contributed by atoms with Gasteiger partial charge in [-0.1, -0.05) is 49.4 Å². The van der Waals surface area contributed by atoms with Crippen LogP contribution in [0.25, 0.3) is 0 Å². The van der Waals surface area contributed by atoms with Gasteiger partial charge in [0.2, 0.25) is 0 Å². The minimum Gasteiger partial charge on any atom is -0.481 e. The summed E-state index contributed by atoms with van der Waals surface area (Å²) in [6.45, 7) is 5.42. The molecule has 0 saturated carbocycles. The second-order valence-corrected chi connectivity index (χ2v) is 6.25. The van der Waals surface area contributed by atoms with Crippen molar-refractivity contribution in [1.82, 2.24) is 4.90 Å². The third kappa shape index (κ3) is 2.06. The van der Waals surface area contributed by atoms with Crippen molar-refractivity contribution in [2.45, 2.75) is 31.9 Å². The maximum atomic E-state index is 6.50. The number of hydrogen-bond donors (Lipinski definition) is 0. The summed E-state index contributed by atoms with van der Waals surface area (Å²) in [4.78, 5) is 2.54. The number of hydrogen-bond acceptors (Lipinski definition) is 2. The lowest BCUT2D eigenvalue weighted by molar-refractivity contribution is 0.0257. The molecule has 108 valence electrons. The second kappa shape index (κ2) is 4.88. The fraction of sp³-hybridized carbons (Fsp3) is 0.368. The van der Waals surface area contributed by atoms with E-state index in [0.717, 1.165) is 31.8 Å². The predicted octanol–water partition coefficient (Wildman–Crippen LogP) is 3.74. The van der Waals surface area contributed by atoms with Crippen LogP contribution < -0.4 is 4.74 Å². The number of ether oxygens (including phenoxy) is 1. The molecule has 2 aromatic carbocycles. The standard InChI is InChI=1S/C19H21NO/c1-2-11-20-13-16-8-3-5-9-17(16)19(14-20)12-15-7-4-6-10-18(15)21-19/h3-10H,2,11-14H2,1H3. The summed E-state index contributed by atoms with van der Waals surface area (Å²) in [5, 5.41) is 0. The third-order valence-corrected chi connectivity index (χ3v) is 4.67. The first-order valence-electron chi connectivity index (χ1n) is 7.88. The molecule has 21 heavy (non-hydrogen) atoms. The predicted molar refractivity (Wildman–Crippen MR) is 84.5 cm³/mol. The van der Waals surface area contributed by atoms with Crippen molar-refractivity contribution in [1.29, 1.82) is 0 Å². The number of rotatable bonds is 2. The molecule has 0 bridgehead atoms. The van der Waals surface area contributed by atoms with Gasteiger partial charge in [0, 0.05) is 25.1 Å². The first kappa shape index (κ1) is 12.9. The van der Waals surface area contributed by atoms with Crippen LogP contribution in [0.4, 0.5) is 0 Å². The Kier molecular flexibility index (Phi) is 3.00. The van der Waals surface area contributed by atoms with Crippen LogP contribution >= 0.6 is 0 Å². The maximum absolute atomic E-state index is 6.50. The molecule has 2 heterocycles. The van der Waals surface area contributed by atoms with Gasteiger partial charge in [0.25, 0.3) is 0 Å². The van der Waals surface area contributed by atoms with E-state index in [9.17, 15) is 0 Å². The van der Waals surface area contributed by atoms with Gasteiger partial charge in [-0.05, 0) is 30.2 Å². The zero-order chi connectivity index (χ0) is 14.3. The Morgan fingerprint density at radius 3 is 2.62 bits per heavy atom. The molecule has 1 atom stereocenters. The Hall–Kier alpha value is -1.80. The van der Waals surface area contributed by atoms with Gasteiger partial charge in [-0.3, -0.25) is 4.90 Å². The highest BCUT2D eigenvalue weighted by Crippen LogP contribution is 2.45. The van der Waals surface area contributed by atoms with Crippen LogP contribution in [-0.4, -0.2) is 18.0 Å². The monoisotopic (exact) mass is 279 g/mol. The van der Waals surface area contributed by atoms with Gasteiger partial charge in [-0.15, -0.1) is 0 Å². The molecule has 1 unspecified atom stereocenters. The maximum Gasteiger partial charge on any atom is 0.151 e. The van der Waals surface area contributed by atoms with Crippen LogP contribution in [0.15, 0.2) is 48.5 Å². The van der Waals surface area contributed by atoms with Crippen molar-refractivity contribution in [2.75, 3.05) is 13.1 Å². The number of fused-ring (bicyclic) bond motifs is 3. The molecule has 4 rings (SSSR count). The second-order valence-electron chi connectivity index (χ2n) is 6.25. The highest BCUT2D eigenvalue weighted by molar-refractivity contribution is 5.46. The van der Waals surface area contributed by atoms with E-state index in [0.29, 0.717) is 0 Å². The van der Waals surface area contributed by atoms with Gasteiger partial charge in [0.05, 0.1) is 0 Å². The van der Waals surface area contributed by atoms with E-state index in [1.54, 1.807) is 0 Å². The molecule has 2 nitrogen and oxygen atoms in total. The molecule has 0 saturated heterocycles. The van der Waals surface area contributed by atoms with E-state index in [2.05, 4.69) is 60.4 Å². The zero-order valence-corrected chi connectivity index (χ0v) is 12.5. The zero-order valence-electron chi connectivity index (χ0n) is 12.5. The molecular weight excluding hydrogens is 258 g/mol. The normalized spacial score (nSPS) is 23.7. The van der Waals surface area contributed by atoms with Crippen LogP contribution in [0.2, 0.25) is 0 Å². The SMILES string of the molecule is CCCN1Cc2ccccc2C2(Cc3ccccc3O2)C1. The summed E-state index contributed by atoms with van der Waals surface area (Å²) in [5.74, 6) is 1.06. The summed E-state index contributed by atoms with van der Waals surface area (Å²) >= 11 is 0. The molecule has 2 aliphatic rings. The van der Waals surface area contributed by atoms with Crippen LogP contribution in [0, 0.1) is 0 Å². The molecule has 2 heteroatoms. The lowest BCUT2D eigenvalue weighted by Crippen LogP contribution is -2.48. The van der Waals surface area contributed by atoms with E-state index >= 15 is 0 Å². The van der Waals surface area contributed by atoms with Crippen molar-refractivity contribution in [3.05, 3.63) is 65.2 Å². The van der Waals surface area contributed by atoms with Gasteiger partial charge in [-0.2, -0.15) is 0 Å². The summed E-state index contributed by atoms with van der Waals surface area (Å²) in [6, 6.07) is 17.3. The van der Waals surface area contributed by atoms with Crippen LogP contribution in [0.3, 0.4) is 0 Å². The van der Waals surface area contributed by atoms with E-state index in [1.165, 1.54) is 23.1 Å². The summed E-state index contributed by atoms with van der Waals surface area (Å²) in [5.41, 5.74) is 3.96. The quantitative estimate of drug-likeness (QED) is 0.830. The van der Waals surface area contributed by atoms with Gasteiger partial charge in [0.1, 0.15) is 5.75 Å². The Balaban J connectivity index is 1.78. The minimum atomic E-state index is -0.187. The Labute approximate surface area is 126 Å². The van der Waals surface area contributed by atoms with Gasteiger partial charge >= 0.3 is 0 Å². The molecular formula is C19H21NO. The fourth-order valence-corrected chi connectivity index (χ4v) is 3.86. The molecule has 0 aliphatic carbocycles. The molecule has 0 aromatic heterocycles. The van der Waals surface area contributed by atoms with E-state index in [-0.39, 0.29) is 5.60 Å². The van der Waals surface area contributed by atoms with Crippen LogP contribution in [-0.2, 0) is 18.6 Å². The van der Waals surface area contributed by atoms with Gasteiger partial charge in [-0.25, -0.2) is 0 Å². The Morgan fingerprint density at radius 2 is 1.81 bits per heavy atom. The van der Waals surface area contributed by atoms with Crippen LogP contribution in [0.1, 0.15) is 30.0 Å². The Bertz CT molecular complexity index is 639. The first-order chi connectivity index (χ1) is 10.3. The fourth-order valence-electron chi connectivity index (χ4n) is 3.86. The largest absolute Gasteiger partial charge is 0.481 e. The minimum absolute atomic E-state index is 0.187. The Morgan fingerprint density at radius 1 is 1.05 bits per heavy atom. The highest BCUT2D eigenvalue weighted by Gasteiger charge is 2.45. The average molecular weight is 279 g/mol. The van der Waals surface area contributed by atoms with Crippen molar-refractivity contribution >= 4 is 0 Å². The molecule has 0 radical (unpaired) electrons. The summed E-state index contributed by atoms with van der Waals surface area (Å²) in [6.07, 6.45) is 2.17. The molecule has 1 spiro atoms. The lowest BCUT2D eigenvalue weighted by atomic mass is 9.82. The molecule has 0 amide bonds. The average Bonchev–Trinajstić information content (AvgIpc) is 2.86. The molecule has 2 aromatic rings. The van der Waals surface area contributed by atoms with Crippen molar-refractivity contribution in [3.63, 3.8) is 0 Å². The molecule has 0 N–H and O–H groups in total. The van der Waals surface area contributed by atoms with E-state index in [4.69, 9.17) is 4.74 Å².